The van der Waals surface area contributed by atoms with Gasteiger partial charge in [0.25, 0.3) is 5.91 Å². The van der Waals surface area contributed by atoms with E-state index in [9.17, 15) is 4.79 Å². The molecular formula is C24H22N4O3. The second-order valence-corrected chi connectivity index (χ2v) is 6.91. The van der Waals surface area contributed by atoms with Crippen LogP contribution >= 0.6 is 0 Å². The fraction of sp³-hybridized carbons (Fsp3) is 0.125. The molecular weight excluding hydrogens is 392 g/mol. The van der Waals surface area contributed by atoms with Gasteiger partial charge in [-0.3, -0.25) is 4.79 Å². The predicted molar refractivity (Wildman–Crippen MR) is 119 cm³/mol. The predicted octanol–water partition coefficient (Wildman–Crippen LogP) is 4.51. The van der Waals surface area contributed by atoms with Crippen LogP contribution in [0.4, 0.5) is 5.82 Å². The van der Waals surface area contributed by atoms with Crippen molar-refractivity contribution in [1.29, 1.82) is 0 Å². The monoisotopic (exact) mass is 414 g/mol. The number of amides is 1. The number of para-hydroxylation sites is 1. The van der Waals surface area contributed by atoms with E-state index in [2.05, 4.69) is 15.4 Å². The molecule has 4 rings (SSSR count). The summed E-state index contributed by atoms with van der Waals surface area (Å²) in [5.41, 5.74) is 3.56. The minimum absolute atomic E-state index is 0.277. The maximum atomic E-state index is 13.2. The summed E-state index contributed by atoms with van der Waals surface area (Å²) in [6.07, 6.45) is 3.48. The molecule has 1 amide bonds. The van der Waals surface area contributed by atoms with E-state index in [1.807, 2.05) is 67.7 Å². The number of methoxy groups -OCH3 is 2. The van der Waals surface area contributed by atoms with Crippen molar-refractivity contribution in [1.82, 2.24) is 14.8 Å². The van der Waals surface area contributed by atoms with Crippen LogP contribution in [0.25, 0.3) is 16.8 Å². The Hall–Kier alpha value is -4.13. The average Bonchev–Trinajstić information content (AvgIpc) is 3.25. The van der Waals surface area contributed by atoms with Gasteiger partial charge >= 0.3 is 0 Å². The summed E-state index contributed by atoms with van der Waals surface area (Å²) in [4.78, 5) is 17.4. The number of aryl methyl sites for hydroxylation is 1. The Morgan fingerprint density at radius 3 is 2.45 bits per heavy atom. The molecule has 2 aromatic carbocycles. The van der Waals surface area contributed by atoms with Crippen molar-refractivity contribution in [2.75, 3.05) is 19.5 Å². The molecule has 0 aliphatic heterocycles. The SMILES string of the molecule is COc1ccc(-c2cn(-c3ccccc3)nc2C(=O)Nc2cc(C)ccn2)cc1OC. The molecule has 0 radical (unpaired) electrons. The van der Waals surface area contributed by atoms with Gasteiger partial charge in [-0.2, -0.15) is 5.10 Å². The van der Waals surface area contributed by atoms with Crippen molar-refractivity contribution < 1.29 is 14.3 Å². The Kier molecular flexibility index (Phi) is 5.66. The summed E-state index contributed by atoms with van der Waals surface area (Å²) < 4.78 is 12.5. The Balaban J connectivity index is 1.79. The van der Waals surface area contributed by atoms with Gasteiger partial charge in [-0.25, -0.2) is 9.67 Å². The van der Waals surface area contributed by atoms with Gasteiger partial charge in [0, 0.05) is 18.0 Å². The number of nitrogens with zero attached hydrogens (tertiary/aromatic N) is 3. The zero-order valence-electron chi connectivity index (χ0n) is 17.5. The molecule has 0 saturated heterocycles. The molecule has 1 N–H and O–H groups in total. The van der Waals surface area contributed by atoms with E-state index < -0.39 is 0 Å². The first kappa shape index (κ1) is 20.2. The molecule has 0 spiro atoms. The first-order valence-electron chi connectivity index (χ1n) is 9.70. The lowest BCUT2D eigenvalue weighted by atomic mass is 10.1. The number of hydrogen-bond acceptors (Lipinski definition) is 5. The van der Waals surface area contributed by atoms with Gasteiger partial charge in [0.1, 0.15) is 5.82 Å². The molecule has 156 valence electrons. The third-order valence-corrected chi connectivity index (χ3v) is 4.80. The highest BCUT2D eigenvalue weighted by Gasteiger charge is 2.21. The molecule has 0 fully saturated rings. The maximum Gasteiger partial charge on any atom is 0.277 e. The number of carbonyl (C=O) groups excluding carboxylic acids is 1. The highest BCUT2D eigenvalue weighted by atomic mass is 16.5. The normalized spacial score (nSPS) is 10.5. The molecule has 31 heavy (non-hydrogen) atoms. The largest absolute Gasteiger partial charge is 0.493 e. The van der Waals surface area contributed by atoms with E-state index in [0.29, 0.717) is 22.9 Å². The Bertz CT molecular complexity index is 1220. The number of aromatic nitrogens is 3. The summed E-state index contributed by atoms with van der Waals surface area (Å²) in [5.74, 6) is 1.30. The lowest BCUT2D eigenvalue weighted by molar-refractivity contribution is 0.102. The lowest BCUT2D eigenvalue weighted by Gasteiger charge is -2.10. The number of pyridine rings is 1. The molecule has 2 heterocycles. The van der Waals surface area contributed by atoms with Crippen molar-refractivity contribution >= 4 is 11.7 Å². The molecule has 2 aromatic heterocycles. The van der Waals surface area contributed by atoms with E-state index in [-0.39, 0.29) is 11.6 Å². The topological polar surface area (TPSA) is 78.3 Å². The van der Waals surface area contributed by atoms with Crippen LogP contribution in [-0.2, 0) is 0 Å². The standard InChI is InChI=1S/C24H22N4O3/c1-16-11-12-25-22(13-16)26-24(29)23-19(15-28(27-23)18-7-5-4-6-8-18)17-9-10-20(30-2)21(14-17)31-3/h4-15H,1-3H3,(H,25,26,29). The van der Waals surface area contributed by atoms with Crippen molar-refractivity contribution in [3.05, 3.63) is 84.3 Å². The number of rotatable bonds is 6. The second kappa shape index (κ2) is 8.71. The summed E-state index contributed by atoms with van der Waals surface area (Å²) in [6, 6.07) is 18.8. The van der Waals surface area contributed by atoms with Gasteiger partial charge in [0.15, 0.2) is 17.2 Å². The van der Waals surface area contributed by atoms with Crippen molar-refractivity contribution in [2.24, 2.45) is 0 Å². The highest BCUT2D eigenvalue weighted by molar-refractivity contribution is 6.07. The molecule has 0 aliphatic rings. The van der Waals surface area contributed by atoms with Crippen LogP contribution in [0.1, 0.15) is 16.1 Å². The van der Waals surface area contributed by atoms with E-state index >= 15 is 0 Å². The van der Waals surface area contributed by atoms with Crippen LogP contribution in [0.2, 0.25) is 0 Å². The van der Waals surface area contributed by atoms with E-state index in [1.54, 1.807) is 31.2 Å². The van der Waals surface area contributed by atoms with E-state index in [0.717, 1.165) is 16.8 Å². The molecule has 0 atom stereocenters. The molecule has 7 heteroatoms. The summed E-state index contributed by atoms with van der Waals surface area (Å²) in [7, 11) is 3.16. The third-order valence-electron chi connectivity index (χ3n) is 4.80. The first-order chi connectivity index (χ1) is 15.1. The van der Waals surface area contributed by atoms with Gasteiger partial charge in [0.05, 0.1) is 19.9 Å². The van der Waals surface area contributed by atoms with Crippen LogP contribution in [0.3, 0.4) is 0 Å². The molecule has 0 aliphatic carbocycles. The Morgan fingerprint density at radius 1 is 0.968 bits per heavy atom. The number of ether oxygens (including phenoxy) is 2. The average molecular weight is 414 g/mol. The van der Waals surface area contributed by atoms with Crippen LogP contribution < -0.4 is 14.8 Å². The third kappa shape index (κ3) is 4.25. The zero-order valence-corrected chi connectivity index (χ0v) is 17.5. The molecule has 0 bridgehead atoms. The van der Waals surface area contributed by atoms with Crippen molar-refractivity contribution in [3.63, 3.8) is 0 Å². The Labute approximate surface area is 180 Å². The number of hydrogen-bond donors (Lipinski definition) is 1. The first-order valence-corrected chi connectivity index (χ1v) is 9.70. The van der Waals surface area contributed by atoms with E-state index in [1.165, 1.54) is 0 Å². The van der Waals surface area contributed by atoms with Crippen LogP contribution in [0.15, 0.2) is 73.1 Å². The highest BCUT2D eigenvalue weighted by Crippen LogP contribution is 2.34. The van der Waals surface area contributed by atoms with Gasteiger partial charge in [-0.1, -0.05) is 24.3 Å². The summed E-state index contributed by atoms with van der Waals surface area (Å²) in [5, 5.41) is 7.42. The number of nitrogens with one attached hydrogen (secondary N) is 1. The summed E-state index contributed by atoms with van der Waals surface area (Å²) >= 11 is 0. The number of benzene rings is 2. The smallest absolute Gasteiger partial charge is 0.277 e. The van der Waals surface area contributed by atoms with Crippen LogP contribution in [-0.4, -0.2) is 34.9 Å². The van der Waals surface area contributed by atoms with Crippen molar-refractivity contribution in [3.8, 4) is 28.3 Å². The number of carbonyl (C=O) groups is 1. The number of anilines is 1. The van der Waals surface area contributed by atoms with Crippen LogP contribution in [0.5, 0.6) is 11.5 Å². The minimum Gasteiger partial charge on any atom is -0.493 e. The molecule has 4 aromatic rings. The minimum atomic E-state index is -0.349. The maximum absolute atomic E-state index is 13.2. The quantitative estimate of drug-likeness (QED) is 0.502. The van der Waals surface area contributed by atoms with Crippen molar-refractivity contribution in [2.45, 2.75) is 6.92 Å². The molecule has 0 unspecified atom stereocenters. The molecule has 7 nitrogen and oxygen atoms in total. The van der Waals surface area contributed by atoms with E-state index in [4.69, 9.17) is 9.47 Å². The van der Waals surface area contributed by atoms with Gasteiger partial charge in [-0.05, 0) is 54.4 Å². The lowest BCUT2D eigenvalue weighted by Crippen LogP contribution is -2.15. The summed E-state index contributed by atoms with van der Waals surface area (Å²) in [6.45, 7) is 1.94. The Morgan fingerprint density at radius 2 is 1.74 bits per heavy atom. The second-order valence-electron chi connectivity index (χ2n) is 6.91. The fourth-order valence-electron chi connectivity index (χ4n) is 3.25. The van der Waals surface area contributed by atoms with Gasteiger partial charge in [-0.15, -0.1) is 0 Å². The molecule has 0 saturated carbocycles. The fourth-order valence-corrected chi connectivity index (χ4v) is 3.25. The zero-order chi connectivity index (χ0) is 21.8. The van der Waals surface area contributed by atoms with Gasteiger partial charge < -0.3 is 14.8 Å². The van der Waals surface area contributed by atoms with Crippen LogP contribution in [0, 0.1) is 6.92 Å². The van der Waals surface area contributed by atoms with Gasteiger partial charge in [0.2, 0.25) is 0 Å².